The van der Waals surface area contributed by atoms with Gasteiger partial charge in [-0.3, -0.25) is 0 Å². The Bertz CT molecular complexity index is 564. The average molecular weight is 366 g/mol. The van der Waals surface area contributed by atoms with Crippen LogP contribution in [0.5, 0.6) is 11.5 Å². The maximum absolute atomic E-state index is 10.9. The largest absolute Gasteiger partial charge is 0.491 e. The van der Waals surface area contributed by atoms with Crippen molar-refractivity contribution in [2.75, 3.05) is 26.4 Å². The van der Waals surface area contributed by atoms with E-state index in [9.17, 15) is 19.8 Å². The Morgan fingerprint density at radius 1 is 0.885 bits per heavy atom. The molecular weight excluding hydrogens is 344 g/mol. The maximum Gasteiger partial charge on any atom is 0.330 e. The lowest BCUT2D eigenvalue weighted by molar-refractivity contribution is -0.141. The predicted octanol–water partition coefficient (Wildman–Crippen LogP) is 0.624. The van der Waals surface area contributed by atoms with E-state index in [4.69, 9.17) is 18.9 Å². The van der Waals surface area contributed by atoms with Crippen molar-refractivity contribution < 1.29 is 38.7 Å². The Morgan fingerprint density at radius 3 is 1.69 bits per heavy atom. The third-order valence-electron chi connectivity index (χ3n) is 2.86. The molecule has 2 unspecified atom stereocenters. The van der Waals surface area contributed by atoms with Gasteiger partial charge >= 0.3 is 11.9 Å². The zero-order chi connectivity index (χ0) is 19.4. The fourth-order valence-corrected chi connectivity index (χ4v) is 1.61. The van der Waals surface area contributed by atoms with Gasteiger partial charge in [0.1, 0.15) is 50.1 Å². The van der Waals surface area contributed by atoms with E-state index in [0.717, 1.165) is 12.2 Å². The van der Waals surface area contributed by atoms with E-state index in [1.165, 1.54) is 0 Å². The molecule has 0 aliphatic heterocycles. The van der Waals surface area contributed by atoms with Gasteiger partial charge in [0.2, 0.25) is 0 Å². The van der Waals surface area contributed by atoms with E-state index in [-0.39, 0.29) is 26.4 Å². The highest BCUT2D eigenvalue weighted by atomic mass is 16.6. The number of carbonyl (C=O) groups is 2. The molecule has 2 atom stereocenters. The molecule has 1 rings (SSSR count). The van der Waals surface area contributed by atoms with Crippen LogP contribution in [0.1, 0.15) is 0 Å². The fourth-order valence-electron chi connectivity index (χ4n) is 1.61. The molecule has 0 saturated heterocycles. The Hall–Kier alpha value is -2.84. The van der Waals surface area contributed by atoms with Crippen LogP contribution >= 0.6 is 0 Å². The van der Waals surface area contributed by atoms with Gasteiger partial charge in [-0.15, -0.1) is 0 Å². The average Bonchev–Trinajstić information content (AvgIpc) is 2.67. The summed E-state index contributed by atoms with van der Waals surface area (Å²) in [6, 6.07) is 6.53. The lowest BCUT2D eigenvalue weighted by Crippen LogP contribution is -2.25. The van der Waals surface area contributed by atoms with E-state index in [2.05, 4.69) is 13.2 Å². The Balaban J connectivity index is 2.37. The molecule has 2 N–H and O–H groups in total. The molecule has 0 saturated carbocycles. The van der Waals surface area contributed by atoms with Crippen LogP contribution in [-0.4, -0.2) is 60.8 Å². The minimum Gasteiger partial charge on any atom is -0.491 e. The second-order valence-electron chi connectivity index (χ2n) is 5.07. The van der Waals surface area contributed by atoms with Crippen LogP contribution in [0.15, 0.2) is 49.6 Å². The quantitative estimate of drug-likeness (QED) is 0.409. The molecule has 142 valence electrons. The SMILES string of the molecule is C=CC(=O)OCC(O)COc1cccc(OCC(O)COC(=O)C=C)c1. The third-order valence-corrected chi connectivity index (χ3v) is 2.86. The molecule has 0 bridgehead atoms. The van der Waals surface area contributed by atoms with Crippen molar-refractivity contribution in [3.63, 3.8) is 0 Å². The number of aliphatic hydroxyl groups is 2. The smallest absolute Gasteiger partial charge is 0.330 e. The second kappa shape index (κ2) is 11.7. The number of aliphatic hydroxyl groups excluding tert-OH is 2. The summed E-state index contributed by atoms with van der Waals surface area (Å²) < 4.78 is 20.2. The number of rotatable bonds is 12. The normalized spacial score (nSPS) is 12.4. The molecular formula is C18H22O8. The molecule has 1 aromatic rings. The first kappa shape index (κ1) is 21.2. The molecule has 0 aliphatic rings. The number of hydrogen-bond acceptors (Lipinski definition) is 8. The molecule has 26 heavy (non-hydrogen) atoms. The summed E-state index contributed by atoms with van der Waals surface area (Å²) in [5.41, 5.74) is 0. The van der Waals surface area contributed by atoms with Crippen LogP contribution in [0.3, 0.4) is 0 Å². The fraction of sp³-hybridized carbons (Fsp3) is 0.333. The molecule has 1 aromatic carbocycles. The van der Waals surface area contributed by atoms with E-state index in [1.54, 1.807) is 24.3 Å². The molecule has 8 nitrogen and oxygen atoms in total. The van der Waals surface area contributed by atoms with Gasteiger partial charge in [0.15, 0.2) is 0 Å². The van der Waals surface area contributed by atoms with Crippen LogP contribution in [0.4, 0.5) is 0 Å². The lowest BCUT2D eigenvalue weighted by atomic mass is 10.3. The number of carbonyl (C=O) groups excluding carboxylic acids is 2. The lowest BCUT2D eigenvalue weighted by Gasteiger charge is -2.14. The Kier molecular flexibility index (Phi) is 9.52. The van der Waals surface area contributed by atoms with Crippen LogP contribution < -0.4 is 9.47 Å². The van der Waals surface area contributed by atoms with Gasteiger partial charge in [-0.25, -0.2) is 9.59 Å². The first-order valence-corrected chi connectivity index (χ1v) is 7.74. The molecule has 0 heterocycles. The standard InChI is InChI=1S/C18H22O8/c1-3-17(21)25-11-13(19)9-23-15-6-5-7-16(8-15)24-10-14(20)12-26-18(22)4-2/h3-8,13-14,19-20H,1-2,9-12H2. The van der Waals surface area contributed by atoms with Crippen LogP contribution in [-0.2, 0) is 19.1 Å². The monoisotopic (exact) mass is 366 g/mol. The van der Waals surface area contributed by atoms with Gasteiger partial charge in [0.25, 0.3) is 0 Å². The number of benzene rings is 1. The minimum absolute atomic E-state index is 0.0893. The molecule has 0 fully saturated rings. The van der Waals surface area contributed by atoms with Gasteiger partial charge in [0, 0.05) is 18.2 Å². The number of esters is 2. The summed E-state index contributed by atoms with van der Waals surface area (Å²) >= 11 is 0. The molecule has 0 amide bonds. The van der Waals surface area contributed by atoms with Crippen molar-refractivity contribution in [2.45, 2.75) is 12.2 Å². The maximum atomic E-state index is 10.9. The number of ether oxygens (including phenoxy) is 4. The topological polar surface area (TPSA) is 112 Å². The van der Waals surface area contributed by atoms with Crippen molar-refractivity contribution in [3.05, 3.63) is 49.6 Å². The highest BCUT2D eigenvalue weighted by Gasteiger charge is 2.10. The van der Waals surface area contributed by atoms with Crippen molar-refractivity contribution in [1.29, 1.82) is 0 Å². The van der Waals surface area contributed by atoms with Crippen molar-refractivity contribution in [2.24, 2.45) is 0 Å². The zero-order valence-electron chi connectivity index (χ0n) is 14.2. The molecule has 0 aliphatic carbocycles. The van der Waals surface area contributed by atoms with Gasteiger partial charge < -0.3 is 29.2 Å². The number of hydrogen-bond donors (Lipinski definition) is 2. The second-order valence-corrected chi connectivity index (χ2v) is 5.07. The zero-order valence-corrected chi connectivity index (χ0v) is 14.2. The van der Waals surface area contributed by atoms with Crippen molar-refractivity contribution >= 4 is 11.9 Å². The predicted molar refractivity (Wildman–Crippen MR) is 91.8 cm³/mol. The van der Waals surface area contributed by atoms with Crippen molar-refractivity contribution in [3.8, 4) is 11.5 Å². The van der Waals surface area contributed by atoms with Gasteiger partial charge in [0.05, 0.1) is 0 Å². The van der Waals surface area contributed by atoms with E-state index < -0.39 is 24.1 Å². The summed E-state index contributed by atoms with van der Waals surface area (Å²) in [7, 11) is 0. The molecule has 0 spiro atoms. The van der Waals surface area contributed by atoms with Crippen LogP contribution in [0.2, 0.25) is 0 Å². The van der Waals surface area contributed by atoms with Gasteiger partial charge in [-0.05, 0) is 12.1 Å². The van der Waals surface area contributed by atoms with E-state index >= 15 is 0 Å². The van der Waals surface area contributed by atoms with Crippen molar-refractivity contribution in [1.82, 2.24) is 0 Å². The first-order chi connectivity index (χ1) is 12.4. The molecule has 0 radical (unpaired) electrons. The highest BCUT2D eigenvalue weighted by molar-refractivity contribution is 5.81. The molecule has 8 heteroatoms. The molecule has 0 aromatic heterocycles. The summed E-state index contributed by atoms with van der Waals surface area (Å²) in [5.74, 6) is -0.415. The summed E-state index contributed by atoms with van der Waals surface area (Å²) in [6.07, 6.45) is 0.0113. The third kappa shape index (κ3) is 8.86. The van der Waals surface area contributed by atoms with Gasteiger partial charge in [-0.2, -0.15) is 0 Å². The minimum atomic E-state index is -0.996. The summed E-state index contributed by atoms with van der Waals surface area (Å²) in [6.45, 7) is 5.89. The van der Waals surface area contributed by atoms with Crippen LogP contribution in [0.25, 0.3) is 0 Å². The highest BCUT2D eigenvalue weighted by Crippen LogP contribution is 2.19. The van der Waals surface area contributed by atoms with E-state index in [0.29, 0.717) is 11.5 Å². The summed E-state index contributed by atoms with van der Waals surface area (Å²) in [4.78, 5) is 21.8. The van der Waals surface area contributed by atoms with Gasteiger partial charge in [-0.1, -0.05) is 19.2 Å². The van der Waals surface area contributed by atoms with E-state index in [1.807, 2.05) is 0 Å². The Labute approximate surface area is 151 Å². The summed E-state index contributed by atoms with van der Waals surface area (Å²) in [5, 5.41) is 19.4. The first-order valence-electron chi connectivity index (χ1n) is 7.74. The Morgan fingerprint density at radius 2 is 1.31 bits per heavy atom. The van der Waals surface area contributed by atoms with Crippen LogP contribution in [0, 0.1) is 0 Å².